The molecular weight excluding hydrogens is 250 g/mol. The number of aromatic nitrogens is 2. The van der Waals surface area contributed by atoms with E-state index in [1.807, 2.05) is 11.7 Å². The summed E-state index contributed by atoms with van der Waals surface area (Å²) in [6.45, 7) is 6.09. The molecule has 0 aromatic carbocycles. The minimum absolute atomic E-state index is 0.257. The van der Waals surface area contributed by atoms with Crippen molar-refractivity contribution in [3.8, 4) is 0 Å². The van der Waals surface area contributed by atoms with Gasteiger partial charge >= 0.3 is 0 Å². The molecule has 0 fully saturated rings. The van der Waals surface area contributed by atoms with Crippen molar-refractivity contribution in [2.45, 2.75) is 39.7 Å². The third-order valence-corrected chi connectivity index (χ3v) is 3.78. The number of nitrogens with one attached hydrogen (secondary N) is 1. The summed E-state index contributed by atoms with van der Waals surface area (Å²) < 4.78 is 1.85. The quantitative estimate of drug-likeness (QED) is 0.763. The lowest BCUT2D eigenvalue weighted by molar-refractivity contribution is 0.251. The Morgan fingerprint density at radius 3 is 2.67 bits per heavy atom. The van der Waals surface area contributed by atoms with Crippen LogP contribution in [-0.2, 0) is 20.0 Å². The smallest absolute Gasteiger partial charge is 0.0863 e. The maximum atomic E-state index is 8.94. The molecule has 0 aliphatic carbocycles. The van der Waals surface area contributed by atoms with Gasteiger partial charge in [-0.15, -0.1) is 0 Å². The molecule has 4 nitrogen and oxygen atoms in total. The third-order valence-electron chi connectivity index (χ3n) is 3.34. The van der Waals surface area contributed by atoms with Gasteiger partial charge in [0, 0.05) is 20.2 Å². The molecular formula is C13H24ClN3O. The second-order valence-electron chi connectivity index (χ2n) is 4.60. The molecule has 104 valence electrons. The van der Waals surface area contributed by atoms with Crippen LogP contribution < -0.4 is 5.32 Å². The van der Waals surface area contributed by atoms with E-state index in [2.05, 4.69) is 24.3 Å². The zero-order valence-electron chi connectivity index (χ0n) is 11.5. The summed E-state index contributed by atoms with van der Waals surface area (Å²) in [5.41, 5.74) is 1.99. The fourth-order valence-corrected chi connectivity index (χ4v) is 2.40. The van der Waals surface area contributed by atoms with Gasteiger partial charge in [0.2, 0.25) is 0 Å². The van der Waals surface area contributed by atoms with Gasteiger partial charge in [0.05, 0.1) is 16.4 Å². The first-order valence-electron chi connectivity index (χ1n) is 6.65. The van der Waals surface area contributed by atoms with E-state index in [1.165, 1.54) is 0 Å². The Bertz CT molecular complexity index is 365. The predicted molar refractivity (Wildman–Crippen MR) is 74.8 cm³/mol. The monoisotopic (exact) mass is 273 g/mol. The highest BCUT2D eigenvalue weighted by molar-refractivity contribution is 6.31. The number of aryl methyl sites for hydroxylation is 2. The van der Waals surface area contributed by atoms with E-state index < -0.39 is 0 Å². The molecule has 2 N–H and O–H groups in total. The Morgan fingerprint density at radius 2 is 2.17 bits per heavy atom. The van der Waals surface area contributed by atoms with E-state index in [0.717, 1.165) is 48.8 Å². The number of aliphatic hydroxyl groups excluding tert-OH is 1. The van der Waals surface area contributed by atoms with Gasteiger partial charge in [-0.2, -0.15) is 5.10 Å². The van der Waals surface area contributed by atoms with Crippen LogP contribution in [0.2, 0.25) is 5.02 Å². The Balaban J connectivity index is 2.50. The average molecular weight is 274 g/mol. The van der Waals surface area contributed by atoms with Gasteiger partial charge in [-0.3, -0.25) is 4.68 Å². The number of nitrogens with zero attached hydrogens (tertiary/aromatic N) is 2. The summed E-state index contributed by atoms with van der Waals surface area (Å²) in [7, 11) is 1.92. The van der Waals surface area contributed by atoms with Crippen molar-refractivity contribution >= 4 is 11.6 Å². The Hall–Kier alpha value is -0.580. The van der Waals surface area contributed by atoms with E-state index >= 15 is 0 Å². The molecule has 0 aliphatic heterocycles. The molecule has 18 heavy (non-hydrogen) atoms. The van der Waals surface area contributed by atoms with Gasteiger partial charge in [-0.25, -0.2) is 0 Å². The SMILES string of the molecule is CCc1nn(C)c(CNCC(CC)CCO)c1Cl. The van der Waals surface area contributed by atoms with E-state index in [1.54, 1.807) is 0 Å². The summed E-state index contributed by atoms with van der Waals surface area (Å²) in [6.07, 6.45) is 2.78. The van der Waals surface area contributed by atoms with Crippen molar-refractivity contribution in [1.29, 1.82) is 0 Å². The second-order valence-corrected chi connectivity index (χ2v) is 4.98. The third kappa shape index (κ3) is 3.97. The van der Waals surface area contributed by atoms with E-state index in [4.69, 9.17) is 16.7 Å². The number of hydrogen-bond acceptors (Lipinski definition) is 3. The molecule has 0 saturated carbocycles. The first kappa shape index (κ1) is 15.5. The van der Waals surface area contributed by atoms with Crippen LogP contribution in [0.25, 0.3) is 0 Å². The number of aliphatic hydroxyl groups is 1. The summed E-state index contributed by atoms with van der Waals surface area (Å²) in [5.74, 6) is 0.521. The molecule has 1 unspecified atom stereocenters. The summed E-state index contributed by atoms with van der Waals surface area (Å²) in [6, 6.07) is 0. The first-order valence-corrected chi connectivity index (χ1v) is 7.03. The number of rotatable bonds is 8. The lowest BCUT2D eigenvalue weighted by atomic mass is 10.0. The maximum Gasteiger partial charge on any atom is 0.0863 e. The molecule has 1 atom stereocenters. The lowest BCUT2D eigenvalue weighted by Crippen LogP contribution is -2.24. The summed E-state index contributed by atoms with van der Waals surface area (Å²) in [5, 5.41) is 17.5. The molecule has 1 aromatic heterocycles. The Morgan fingerprint density at radius 1 is 1.44 bits per heavy atom. The standard InChI is InChI=1S/C13H24ClN3O/c1-4-10(6-7-18)8-15-9-12-13(14)11(5-2)16-17(12)3/h10,15,18H,4-9H2,1-3H3. The molecule has 0 amide bonds. The van der Waals surface area contributed by atoms with Crippen molar-refractivity contribution in [3.63, 3.8) is 0 Å². The average Bonchev–Trinajstić information content (AvgIpc) is 2.64. The van der Waals surface area contributed by atoms with Crippen LogP contribution in [0.15, 0.2) is 0 Å². The zero-order valence-corrected chi connectivity index (χ0v) is 12.3. The maximum absolute atomic E-state index is 8.94. The van der Waals surface area contributed by atoms with Crippen LogP contribution in [0, 0.1) is 5.92 Å². The second kappa shape index (κ2) is 7.77. The molecule has 1 rings (SSSR count). The van der Waals surface area contributed by atoms with Gasteiger partial charge < -0.3 is 10.4 Å². The predicted octanol–water partition coefficient (Wildman–Crippen LogP) is 2.13. The van der Waals surface area contributed by atoms with E-state index in [0.29, 0.717) is 5.92 Å². The topological polar surface area (TPSA) is 50.1 Å². The molecule has 5 heteroatoms. The molecule has 1 aromatic rings. The lowest BCUT2D eigenvalue weighted by Gasteiger charge is -2.14. The van der Waals surface area contributed by atoms with Crippen molar-refractivity contribution < 1.29 is 5.11 Å². The van der Waals surface area contributed by atoms with Crippen LogP contribution in [0.1, 0.15) is 38.1 Å². The van der Waals surface area contributed by atoms with Crippen molar-refractivity contribution in [3.05, 3.63) is 16.4 Å². The van der Waals surface area contributed by atoms with E-state index in [-0.39, 0.29) is 6.61 Å². The largest absolute Gasteiger partial charge is 0.396 e. The fraction of sp³-hybridized carbons (Fsp3) is 0.769. The van der Waals surface area contributed by atoms with Crippen LogP contribution in [0.5, 0.6) is 0 Å². The number of halogens is 1. The highest BCUT2D eigenvalue weighted by Crippen LogP contribution is 2.20. The van der Waals surface area contributed by atoms with Crippen LogP contribution in [-0.4, -0.2) is 28.0 Å². The summed E-state index contributed by atoms with van der Waals surface area (Å²) in [4.78, 5) is 0. The minimum atomic E-state index is 0.257. The normalized spacial score (nSPS) is 12.9. The highest BCUT2D eigenvalue weighted by Gasteiger charge is 2.13. The van der Waals surface area contributed by atoms with Crippen LogP contribution >= 0.6 is 11.6 Å². The molecule has 0 radical (unpaired) electrons. The van der Waals surface area contributed by atoms with Gasteiger partial charge in [0.15, 0.2) is 0 Å². The summed E-state index contributed by atoms with van der Waals surface area (Å²) >= 11 is 6.28. The minimum Gasteiger partial charge on any atom is -0.396 e. The first-order chi connectivity index (χ1) is 8.63. The van der Waals surface area contributed by atoms with Gasteiger partial charge in [0.1, 0.15) is 0 Å². The van der Waals surface area contributed by atoms with Gasteiger partial charge in [-0.05, 0) is 25.3 Å². The molecule has 0 spiro atoms. The van der Waals surface area contributed by atoms with Crippen LogP contribution in [0.3, 0.4) is 0 Å². The van der Waals surface area contributed by atoms with Gasteiger partial charge in [0.25, 0.3) is 0 Å². The highest BCUT2D eigenvalue weighted by atomic mass is 35.5. The Labute approximate surface area is 114 Å². The van der Waals surface area contributed by atoms with Crippen molar-refractivity contribution in [1.82, 2.24) is 15.1 Å². The van der Waals surface area contributed by atoms with Gasteiger partial charge in [-0.1, -0.05) is 31.9 Å². The fourth-order valence-electron chi connectivity index (χ4n) is 2.04. The molecule has 1 heterocycles. The molecule has 0 saturated heterocycles. The Kier molecular flexibility index (Phi) is 6.68. The molecule has 0 bridgehead atoms. The van der Waals surface area contributed by atoms with E-state index in [9.17, 15) is 0 Å². The van der Waals surface area contributed by atoms with Crippen LogP contribution in [0.4, 0.5) is 0 Å². The molecule has 0 aliphatic rings. The number of hydrogen-bond donors (Lipinski definition) is 2. The van der Waals surface area contributed by atoms with Crippen molar-refractivity contribution in [2.24, 2.45) is 13.0 Å². The van der Waals surface area contributed by atoms with Crippen molar-refractivity contribution in [2.75, 3.05) is 13.2 Å². The zero-order chi connectivity index (χ0) is 13.5.